The number of carbonyl (C=O) groups is 4. The molecule has 2 aromatic rings. The van der Waals surface area contributed by atoms with E-state index in [2.05, 4.69) is 42.3 Å². The van der Waals surface area contributed by atoms with Crippen LogP contribution in [0.5, 0.6) is 0 Å². The van der Waals surface area contributed by atoms with Crippen molar-refractivity contribution >= 4 is 48.3 Å². The van der Waals surface area contributed by atoms with Gasteiger partial charge in [-0.15, -0.1) is 5.06 Å². The number of hydrogen-bond acceptors (Lipinski definition) is 7. The van der Waals surface area contributed by atoms with E-state index >= 15 is 0 Å². The summed E-state index contributed by atoms with van der Waals surface area (Å²) in [7, 11) is 5.75. The Hall–Kier alpha value is -4.28. The number of benzene rings is 2. The van der Waals surface area contributed by atoms with Crippen LogP contribution in [0.3, 0.4) is 0 Å². The third-order valence-corrected chi connectivity index (χ3v) is 11.6. The van der Waals surface area contributed by atoms with Crippen molar-refractivity contribution in [2.45, 2.75) is 32.0 Å². The van der Waals surface area contributed by atoms with Crippen molar-refractivity contribution in [3.05, 3.63) is 87.6 Å². The van der Waals surface area contributed by atoms with Crippen molar-refractivity contribution in [1.29, 1.82) is 0 Å². The van der Waals surface area contributed by atoms with E-state index in [4.69, 9.17) is 4.84 Å². The molecule has 0 aromatic heterocycles. The number of allylic oxidation sites excluding steroid dienone is 3. The van der Waals surface area contributed by atoms with Gasteiger partial charge < -0.3 is 14.8 Å². The maximum atomic E-state index is 13.1. The van der Waals surface area contributed by atoms with Gasteiger partial charge >= 0.3 is 11.9 Å². The zero-order valence-corrected chi connectivity index (χ0v) is 25.0. The highest BCUT2D eigenvalue weighted by Gasteiger charge is 2.41. The largest absolute Gasteiger partial charge is 0.478 e. The van der Waals surface area contributed by atoms with Gasteiger partial charge in [0.2, 0.25) is 0 Å². The first-order valence-corrected chi connectivity index (χ1v) is 16.4. The smallest absolute Gasteiger partial charge is 0.363 e. The van der Waals surface area contributed by atoms with Gasteiger partial charge in [0.25, 0.3) is 11.8 Å². The van der Waals surface area contributed by atoms with Crippen LogP contribution < -0.4 is 10.1 Å². The molecule has 1 N–H and O–H groups in total. The van der Waals surface area contributed by atoms with Gasteiger partial charge in [0.1, 0.15) is 8.07 Å². The molecule has 2 aliphatic heterocycles. The zero-order chi connectivity index (χ0) is 29.8. The molecular formula is C31H33N3O6Si. The Kier molecular flexibility index (Phi) is 7.08. The molecule has 212 valence electrons. The molecule has 5 rings (SSSR count). The average Bonchev–Trinajstić information content (AvgIpc) is 3.24. The number of hydrogen-bond donors (Lipinski definition) is 1. The van der Waals surface area contributed by atoms with Gasteiger partial charge in [0.15, 0.2) is 0 Å². The second-order valence-corrected chi connectivity index (χ2v) is 15.8. The van der Waals surface area contributed by atoms with Gasteiger partial charge in [-0.25, -0.2) is 9.59 Å². The van der Waals surface area contributed by atoms with E-state index in [-0.39, 0.29) is 30.0 Å². The maximum Gasteiger partial charge on any atom is 0.363 e. The minimum absolute atomic E-state index is 0.0215. The van der Waals surface area contributed by atoms with Gasteiger partial charge in [0.05, 0.1) is 11.1 Å². The van der Waals surface area contributed by atoms with Crippen molar-refractivity contribution in [1.82, 2.24) is 9.96 Å². The standard InChI is InChI=1S/C31H33N3O6Si/c1-32(2)19-8-11-22-25(16-19)41(5,6)26-17-20(33(3)4)9-12-23(26)29(22)24-15-18(7-10-21(24)30(37)38)31(39)40-34-27(35)13-14-28(34)36/h7-12,15-17,19H,13-14H2,1-6H3,(H,37,38). The SMILES string of the molecule is CN(C)c1ccc2c(c1)[Si](C)(C)C1=CC(N(C)C)C=CC1=C2c1cc(C(=O)ON2C(=O)CCC2=O)ccc1C(=O)O. The molecule has 1 saturated heterocycles. The van der Waals surface area contributed by atoms with Gasteiger partial charge in [-0.05, 0) is 77.1 Å². The lowest BCUT2D eigenvalue weighted by Gasteiger charge is -2.40. The lowest BCUT2D eigenvalue weighted by molar-refractivity contribution is -0.172. The number of amides is 2. The minimum atomic E-state index is -2.26. The van der Waals surface area contributed by atoms with Crippen LogP contribution >= 0.6 is 0 Å². The molecule has 2 heterocycles. The summed E-state index contributed by atoms with van der Waals surface area (Å²) in [4.78, 5) is 59.0. The lowest BCUT2D eigenvalue weighted by Crippen LogP contribution is -2.50. The molecule has 10 heteroatoms. The Balaban J connectivity index is 1.75. The van der Waals surface area contributed by atoms with Crippen LogP contribution in [0.25, 0.3) is 5.57 Å². The highest BCUT2D eigenvalue weighted by molar-refractivity contribution is 6.97. The molecule has 0 saturated carbocycles. The van der Waals surface area contributed by atoms with Crippen LogP contribution in [0.2, 0.25) is 13.1 Å². The summed E-state index contributed by atoms with van der Waals surface area (Å²) in [5.41, 5.74) is 4.05. The van der Waals surface area contributed by atoms with E-state index < -0.39 is 31.8 Å². The summed E-state index contributed by atoms with van der Waals surface area (Å²) < 4.78 is 0. The summed E-state index contributed by atoms with van der Waals surface area (Å²) in [6, 6.07) is 10.5. The minimum Gasteiger partial charge on any atom is -0.478 e. The number of hydroxylamine groups is 2. The number of nitrogens with zero attached hydrogens (tertiary/aromatic N) is 3. The lowest BCUT2D eigenvalue weighted by atomic mass is 9.86. The van der Waals surface area contributed by atoms with Gasteiger partial charge in [-0.3, -0.25) is 14.5 Å². The Morgan fingerprint density at radius 1 is 0.976 bits per heavy atom. The summed E-state index contributed by atoms with van der Waals surface area (Å²) >= 11 is 0. The summed E-state index contributed by atoms with van der Waals surface area (Å²) in [6.07, 6.45) is 6.37. The molecular weight excluding hydrogens is 538 g/mol. The first-order chi connectivity index (χ1) is 19.3. The molecule has 2 aromatic carbocycles. The van der Waals surface area contributed by atoms with Gasteiger partial charge in [-0.2, -0.15) is 0 Å². The van der Waals surface area contributed by atoms with Crippen molar-refractivity contribution in [2.24, 2.45) is 0 Å². The van der Waals surface area contributed by atoms with Crippen molar-refractivity contribution in [2.75, 3.05) is 33.1 Å². The van der Waals surface area contributed by atoms with Crippen LogP contribution in [0, 0.1) is 0 Å². The Bertz CT molecular complexity index is 1580. The molecule has 3 aliphatic rings. The van der Waals surface area contributed by atoms with Crippen molar-refractivity contribution in [3.8, 4) is 0 Å². The predicted molar refractivity (Wildman–Crippen MR) is 159 cm³/mol. The number of imide groups is 1. The molecule has 0 spiro atoms. The van der Waals surface area contributed by atoms with Gasteiger partial charge in [0, 0.05) is 38.7 Å². The summed E-state index contributed by atoms with van der Waals surface area (Å²) in [5.74, 6) is -3.21. The highest BCUT2D eigenvalue weighted by atomic mass is 28.3. The second-order valence-electron chi connectivity index (χ2n) is 11.5. The van der Waals surface area contributed by atoms with Gasteiger partial charge in [-0.1, -0.05) is 37.4 Å². The van der Waals surface area contributed by atoms with Crippen molar-refractivity contribution in [3.63, 3.8) is 0 Å². The normalized spacial score (nSPS) is 19.2. The Morgan fingerprint density at radius 3 is 2.27 bits per heavy atom. The second kappa shape index (κ2) is 10.3. The topological polar surface area (TPSA) is 107 Å². The third-order valence-electron chi connectivity index (χ3n) is 8.02. The molecule has 9 nitrogen and oxygen atoms in total. The number of rotatable bonds is 6. The summed E-state index contributed by atoms with van der Waals surface area (Å²) in [5, 5.41) is 13.1. The number of carbonyl (C=O) groups excluding carboxylic acids is 3. The third kappa shape index (κ3) is 4.83. The van der Waals surface area contributed by atoms with E-state index in [0.29, 0.717) is 10.6 Å². The van der Waals surface area contributed by atoms with Crippen LogP contribution in [-0.4, -0.2) is 81.1 Å². The fraction of sp³-hybridized carbons (Fsp3) is 0.290. The van der Waals surface area contributed by atoms with E-state index in [1.807, 2.05) is 45.2 Å². The van der Waals surface area contributed by atoms with Crippen molar-refractivity contribution < 1.29 is 29.1 Å². The fourth-order valence-electron chi connectivity index (χ4n) is 5.67. The number of anilines is 1. The molecule has 1 unspecified atom stereocenters. The zero-order valence-electron chi connectivity index (χ0n) is 24.0. The molecule has 1 atom stereocenters. The fourth-order valence-corrected chi connectivity index (χ4v) is 8.82. The Labute approximate surface area is 240 Å². The summed E-state index contributed by atoms with van der Waals surface area (Å²) in [6.45, 7) is 4.60. The number of aromatic carboxylic acids is 1. The molecule has 2 amide bonds. The van der Waals surface area contributed by atoms with Crippen LogP contribution in [0.4, 0.5) is 5.69 Å². The van der Waals surface area contributed by atoms with E-state index in [9.17, 15) is 24.3 Å². The monoisotopic (exact) mass is 571 g/mol. The molecule has 0 radical (unpaired) electrons. The number of carboxylic acids is 1. The van der Waals surface area contributed by atoms with E-state index in [1.54, 1.807) is 0 Å². The molecule has 0 bridgehead atoms. The molecule has 1 fully saturated rings. The van der Waals surface area contributed by atoms with E-state index in [1.165, 1.54) is 28.6 Å². The number of likely N-dealkylation sites (N-methyl/N-ethyl adjacent to an activating group) is 1. The van der Waals surface area contributed by atoms with Crippen LogP contribution in [-0.2, 0) is 14.4 Å². The van der Waals surface area contributed by atoms with Crippen LogP contribution in [0.1, 0.15) is 44.7 Å². The predicted octanol–water partition coefficient (Wildman–Crippen LogP) is 3.37. The first kappa shape index (κ1) is 28.3. The number of carboxylic acid groups (broad SMARTS) is 1. The highest BCUT2D eigenvalue weighted by Crippen LogP contribution is 2.43. The average molecular weight is 572 g/mol. The quantitative estimate of drug-likeness (QED) is 0.416. The number of fused-ring (bicyclic) bond motifs is 2. The first-order valence-electron chi connectivity index (χ1n) is 13.4. The Morgan fingerprint density at radius 2 is 1.66 bits per heavy atom. The maximum absolute atomic E-state index is 13.1. The molecule has 41 heavy (non-hydrogen) atoms. The van der Waals surface area contributed by atoms with Crippen LogP contribution in [0.15, 0.2) is 65.4 Å². The van der Waals surface area contributed by atoms with E-state index in [0.717, 1.165) is 22.4 Å². The molecule has 1 aliphatic carbocycles.